The highest BCUT2D eigenvalue weighted by Gasteiger charge is 2.20. The Balaban J connectivity index is 1.63. The van der Waals surface area contributed by atoms with Crippen molar-refractivity contribution < 1.29 is 9.47 Å². The Morgan fingerprint density at radius 1 is 1.11 bits per heavy atom. The van der Waals surface area contributed by atoms with E-state index in [0.29, 0.717) is 24.2 Å². The summed E-state index contributed by atoms with van der Waals surface area (Å²) in [6.45, 7) is 2.82. The first-order valence-electron chi connectivity index (χ1n) is 8.51. The first kappa shape index (κ1) is 18.2. The molecule has 0 spiro atoms. The van der Waals surface area contributed by atoms with Crippen LogP contribution in [0.5, 0.6) is 5.75 Å². The summed E-state index contributed by atoms with van der Waals surface area (Å²) in [5.41, 5.74) is 2.56. The van der Waals surface area contributed by atoms with Gasteiger partial charge in [0.25, 0.3) is 0 Å². The van der Waals surface area contributed by atoms with Crippen LogP contribution in [-0.2, 0) is 10.5 Å². The maximum Gasteiger partial charge on any atom is 0.225 e. The molecular weight excluding hydrogens is 386 g/mol. The van der Waals surface area contributed by atoms with E-state index in [4.69, 9.17) is 21.1 Å². The standard InChI is InChI=1S/C18H18ClN5O2S/c1-25-13-4-2-12(3-5-13)10-27-17-15-14(20-11-21-17)16(23-18(19)22-15)24-6-8-26-9-7-24/h2-5,11H,6-10H2,1H3. The van der Waals surface area contributed by atoms with E-state index in [1.807, 2.05) is 24.3 Å². The number of morpholine rings is 1. The Labute approximate surface area is 166 Å². The van der Waals surface area contributed by atoms with Crippen LogP contribution in [0.2, 0.25) is 5.28 Å². The quantitative estimate of drug-likeness (QED) is 0.365. The average Bonchev–Trinajstić information content (AvgIpc) is 2.72. The third kappa shape index (κ3) is 4.07. The molecule has 0 N–H and O–H groups in total. The second-order valence-corrected chi connectivity index (χ2v) is 7.23. The van der Waals surface area contributed by atoms with Gasteiger partial charge in [0.15, 0.2) is 5.82 Å². The predicted octanol–water partition coefficient (Wildman–Crippen LogP) is 3.21. The molecule has 0 radical (unpaired) electrons. The van der Waals surface area contributed by atoms with Gasteiger partial charge in [-0.15, -0.1) is 0 Å². The van der Waals surface area contributed by atoms with E-state index >= 15 is 0 Å². The van der Waals surface area contributed by atoms with Crippen LogP contribution in [0.4, 0.5) is 5.82 Å². The van der Waals surface area contributed by atoms with Crippen molar-refractivity contribution in [2.24, 2.45) is 0 Å². The van der Waals surface area contributed by atoms with E-state index in [1.165, 1.54) is 5.56 Å². The van der Waals surface area contributed by atoms with Crippen LogP contribution in [0.15, 0.2) is 35.6 Å². The summed E-state index contributed by atoms with van der Waals surface area (Å²) < 4.78 is 10.6. The molecule has 0 atom stereocenters. The van der Waals surface area contributed by atoms with Crippen LogP contribution in [0, 0.1) is 0 Å². The largest absolute Gasteiger partial charge is 0.497 e. The molecule has 3 heterocycles. The number of halogens is 1. The van der Waals surface area contributed by atoms with Crippen LogP contribution < -0.4 is 9.64 Å². The fraction of sp³-hybridized carbons (Fsp3) is 0.333. The zero-order valence-corrected chi connectivity index (χ0v) is 16.3. The highest BCUT2D eigenvalue weighted by molar-refractivity contribution is 7.98. The average molecular weight is 404 g/mol. The zero-order valence-electron chi connectivity index (χ0n) is 14.8. The number of hydrogen-bond acceptors (Lipinski definition) is 8. The minimum atomic E-state index is 0.199. The maximum absolute atomic E-state index is 6.21. The summed E-state index contributed by atoms with van der Waals surface area (Å²) in [6, 6.07) is 7.97. The lowest BCUT2D eigenvalue weighted by molar-refractivity contribution is 0.122. The molecule has 1 fully saturated rings. The monoisotopic (exact) mass is 403 g/mol. The second kappa shape index (κ2) is 8.24. The van der Waals surface area contributed by atoms with Crippen molar-refractivity contribution in [2.45, 2.75) is 10.8 Å². The van der Waals surface area contributed by atoms with Crippen molar-refractivity contribution in [1.29, 1.82) is 0 Å². The molecule has 0 unspecified atom stereocenters. The molecular formula is C18H18ClN5O2S. The van der Waals surface area contributed by atoms with Crippen LogP contribution in [-0.4, -0.2) is 53.3 Å². The molecule has 1 saturated heterocycles. The van der Waals surface area contributed by atoms with Crippen LogP contribution in [0.25, 0.3) is 11.0 Å². The number of rotatable bonds is 5. The molecule has 4 rings (SSSR count). The highest BCUT2D eigenvalue weighted by atomic mass is 35.5. The van der Waals surface area contributed by atoms with Crippen LogP contribution in [0.3, 0.4) is 0 Å². The Morgan fingerprint density at radius 3 is 2.63 bits per heavy atom. The minimum Gasteiger partial charge on any atom is -0.497 e. The van der Waals surface area contributed by atoms with Gasteiger partial charge in [0, 0.05) is 18.8 Å². The minimum absolute atomic E-state index is 0.199. The Bertz CT molecular complexity index is 935. The Hall–Kier alpha value is -2.16. The van der Waals surface area contributed by atoms with Gasteiger partial charge in [-0.3, -0.25) is 0 Å². The predicted molar refractivity (Wildman–Crippen MR) is 106 cm³/mol. The summed E-state index contributed by atoms with van der Waals surface area (Å²) in [5.74, 6) is 2.33. The van der Waals surface area contributed by atoms with E-state index in [-0.39, 0.29) is 5.28 Å². The molecule has 27 heavy (non-hydrogen) atoms. The number of fused-ring (bicyclic) bond motifs is 1. The lowest BCUT2D eigenvalue weighted by Gasteiger charge is -2.28. The second-order valence-electron chi connectivity index (χ2n) is 5.93. The van der Waals surface area contributed by atoms with Gasteiger partial charge < -0.3 is 14.4 Å². The molecule has 140 valence electrons. The number of hydrogen-bond donors (Lipinski definition) is 0. The van der Waals surface area contributed by atoms with Crippen molar-refractivity contribution in [2.75, 3.05) is 38.3 Å². The molecule has 1 aliphatic heterocycles. The number of anilines is 1. The molecule has 3 aromatic rings. The number of thioether (sulfide) groups is 1. The number of nitrogens with zero attached hydrogens (tertiary/aromatic N) is 5. The topological polar surface area (TPSA) is 73.3 Å². The summed E-state index contributed by atoms with van der Waals surface area (Å²) >= 11 is 7.80. The molecule has 7 nitrogen and oxygen atoms in total. The first-order chi connectivity index (χ1) is 13.2. The summed E-state index contributed by atoms with van der Waals surface area (Å²) in [4.78, 5) is 19.8. The SMILES string of the molecule is COc1ccc(CSc2ncnc3c(N4CCOCC4)nc(Cl)nc23)cc1. The normalized spacial score (nSPS) is 14.5. The molecule has 0 aliphatic carbocycles. The van der Waals surface area contributed by atoms with Gasteiger partial charge in [0.1, 0.15) is 28.1 Å². The molecule has 0 saturated carbocycles. The van der Waals surface area contributed by atoms with Gasteiger partial charge >= 0.3 is 0 Å². The van der Waals surface area contributed by atoms with Gasteiger partial charge in [0.05, 0.1) is 20.3 Å². The van der Waals surface area contributed by atoms with E-state index in [1.54, 1.807) is 25.2 Å². The molecule has 0 bridgehead atoms. The van der Waals surface area contributed by atoms with E-state index in [9.17, 15) is 0 Å². The van der Waals surface area contributed by atoms with Gasteiger partial charge in [-0.05, 0) is 29.3 Å². The van der Waals surface area contributed by atoms with Gasteiger partial charge in [0.2, 0.25) is 5.28 Å². The van der Waals surface area contributed by atoms with Gasteiger partial charge in [-0.1, -0.05) is 23.9 Å². The third-order valence-corrected chi connectivity index (χ3v) is 5.47. The van der Waals surface area contributed by atoms with E-state index in [2.05, 4.69) is 24.8 Å². The van der Waals surface area contributed by atoms with Gasteiger partial charge in [-0.25, -0.2) is 15.0 Å². The van der Waals surface area contributed by atoms with Crippen molar-refractivity contribution >= 4 is 40.2 Å². The van der Waals surface area contributed by atoms with E-state index in [0.717, 1.165) is 35.4 Å². The molecule has 2 aromatic heterocycles. The fourth-order valence-corrected chi connectivity index (χ4v) is 3.92. The van der Waals surface area contributed by atoms with Crippen LogP contribution in [0.1, 0.15) is 5.56 Å². The first-order valence-corrected chi connectivity index (χ1v) is 9.87. The Kier molecular flexibility index (Phi) is 5.56. The van der Waals surface area contributed by atoms with Crippen molar-refractivity contribution in [1.82, 2.24) is 19.9 Å². The van der Waals surface area contributed by atoms with E-state index < -0.39 is 0 Å². The molecule has 0 amide bonds. The van der Waals surface area contributed by atoms with Gasteiger partial charge in [-0.2, -0.15) is 4.98 Å². The third-order valence-electron chi connectivity index (χ3n) is 4.25. The highest BCUT2D eigenvalue weighted by Crippen LogP contribution is 2.31. The maximum atomic E-state index is 6.21. The number of benzene rings is 1. The van der Waals surface area contributed by atoms with Crippen LogP contribution >= 0.6 is 23.4 Å². The fourth-order valence-electron chi connectivity index (χ4n) is 2.86. The number of ether oxygens (including phenoxy) is 2. The van der Waals surface area contributed by atoms with Crippen molar-refractivity contribution in [3.63, 3.8) is 0 Å². The number of aromatic nitrogens is 4. The number of methoxy groups -OCH3 is 1. The smallest absolute Gasteiger partial charge is 0.225 e. The summed E-state index contributed by atoms with van der Waals surface area (Å²) in [7, 11) is 1.66. The Morgan fingerprint density at radius 2 is 1.89 bits per heavy atom. The molecule has 9 heteroatoms. The lowest BCUT2D eigenvalue weighted by atomic mass is 10.2. The summed E-state index contributed by atoms with van der Waals surface area (Å²) in [6.07, 6.45) is 1.56. The zero-order chi connectivity index (χ0) is 18.6. The summed E-state index contributed by atoms with van der Waals surface area (Å²) in [5, 5.41) is 0.986. The van der Waals surface area contributed by atoms with Crippen molar-refractivity contribution in [3.05, 3.63) is 41.4 Å². The molecule has 1 aromatic carbocycles. The lowest BCUT2D eigenvalue weighted by Crippen LogP contribution is -2.37. The molecule has 1 aliphatic rings. The van der Waals surface area contributed by atoms with Crippen molar-refractivity contribution in [3.8, 4) is 5.75 Å².